The van der Waals surface area contributed by atoms with E-state index in [1.165, 1.54) is 193 Å². The molecule has 9 nitrogen and oxygen atoms in total. The Bertz CT molecular complexity index is 1090. The third kappa shape index (κ3) is 49.9. The van der Waals surface area contributed by atoms with E-state index in [0.29, 0.717) is 23.9 Å². The van der Waals surface area contributed by atoms with Gasteiger partial charge in [0.25, 0.3) is 6.29 Å². The summed E-state index contributed by atoms with van der Waals surface area (Å²) in [6.07, 6.45) is 52.9. The van der Waals surface area contributed by atoms with Crippen molar-refractivity contribution in [3.63, 3.8) is 0 Å². The summed E-state index contributed by atoms with van der Waals surface area (Å²) in [4.78, 5) is 37.3. The molecule has 0 rings (SSSR count). The van der Waals surface area contributed by atoms with E-state index in [4.69, 9.17) is 18.9 Å². The van der Waals surface area contributed by atoms with Crippen molar-refractivity contribution in [2.75, 3.05) is 47.5 Å². The number of aliphatic carboxylic acids is 1. The van der Waals surface area contributed by atoms with Crippen LogP contribution in [0.5, 0.6) is 0 Å². The lowest BCUT2D eigenvalue weighted by atomic mass is 10.0. The molecule has 0 saturated heterocycles. The van der Waals surface area contributed by atoms with Crippen LogP contribution in [-0.2, 0) is 33.3 Å². The van der Waals surface area contributed by atoms with Crippen molar-refractivity contribution in [3.8, 4) is 0 Å². The van der Waals surface area contributed by atoms with Gasteiger partial charge >= 0.3 is 17.9 Å². The Morgan fingerprint density at radius 2 is 0.773 bits per heavy atom. The maximum Gasteiger partial charge on any atom is 0.361 e. The molecule has 2 unspecified atom stereocenters. The van der Waals surface area contributed by atoms with Gasteiger partial charge in [0.2, 0.25) is 0 Å². The van der Waals surface area contributed by atoms with E-state index in [0.717, 1.165) is 51.4 Å². The first-order chi connectivity index (χ1) is 32.1. The number of nitrogens with zero attached hydrogens (tertiary/aromatic N) is 1. The summed E-state index contributed by atoms with van der Waals surface area (Å²) in [5, 5.41) is 9.68. The number of allylic oxidation sites excluding steroid dienone is 2. The van der Waals surface area contributed by atoms with Crippen molar-refractivity contribution in [1.82, 2.24) is 0 Å². The van der Waals surface area contributed by atoms with Gasteiger partial charge in [0.15, 0.2) is 6.10 Å². The Labute approximate surface area is 408 Å². The Kier molecular flexibility index (Phi) is 48.0. The molecular weight excluding hydrogens is 827 g/mol. The number of ether oxygens (including phenoxy) is 4. The molecule has 0 bridgehead atoms. The predicted octanol–water partition coefficient (Wildman–Crippen LogP) is 16.2. The van der Waals surface area contributed by atoms with Gasteiger partial charge in [-0.2, -0.15) is 0 Å². The molecule has 0 amide bonds. The van der Waals surface area contributed by atoms with Crippen LogP contribution < -0.4 is 0 Å². The van der Waals surface area contributed by atoms with Crippen molar-refractivity contribution < 1.29 is 42.9 Å². The van der Waals surface area contributed by atoms with Crippen molar-refractivity contribution in [1.29, 1.82) is 0 Å². The fourth-order valence-electron chi connectivity index (χ4n) is 8.36. The summed E-state index contributed by atoms with van der Waals surface area (Å²) < 4.78 is 22.9. The quantitative estimate of drug-likeness (QED) is 0.0211. The first-order valence-electron chi connectivity index (χ1n) is 28.4. The standard InChI is InChI=1S/C57H109NO8/c1-6-8-10-12-14-16-18-20-22-24-25-26-27-28-29-30-31-32-34-35-37-39-41-43-45-47-54(59)64-51-53(52-65-57(56(61)62)63-50-49-58(3,4)5)66-55(60)48-46-44-42-40-38-36-33-23-21-19-17-15-13-11-9-7-2/h23,33,53,57H,6-22,24-32,34-52H2,1-5H3/p+1/b33-23-. The number of carbonyl (C=O) groups excluding carboxylic acids is 2. The van der Waals surface area contributed by atoms with Gasteiger partial charge in [-0.25, -0.2) is 4.79 Å². The number of esters is 2. The first-order valence-corrected chi connectivity index (χ1v) is 28.4. The number of quaternary nitrogens is 1. The molecule has 66 heavy (non-hydrogen) atoms. The van der Waals surface area contributed by atoms with E-state index in [-0.39, 0.29) is 32.2 Å². The van der Waals surface area contributed by atoms with Gasteiger partial charge in [0.1, 0.15) is 13.2 Å². The van der Waals surface area contributed by atoms with Crippen LogP contribution in [0, 0.1) is 0 Å². The monoisotopic (exact) mass is 937 g/mol. The molecule has 0 radical (unpaired) electrons. The average Bonchev–Trinajstić information content (AvgIpc) is 3.28. The second kappa shape index (κ2) is 49.5. The molecule has 0 heterocycles. The van der Waals surface area contributed by atoms with E-state index >= 15 is 0 Å². The zero-order valence-electron chi connectivity index (χ0n) is 44.4. The summed E-state index contributed by atoms with van der Waals surface area (Å²) in [5.41, 5.74) is 0. The number of rotatable bonds is 53. The highest BCUT2D eigenvalue weighted by Gasteiger charge is 2.25. The third-order valence-corrected chi connectivity index (χ3v) is 12.8. The SMILES string of the molecule is CCCCCCCCC/C=C\CCCCCCCC(=O)OC(COC(=O)CCCCCCCCCCCCCCCCCCCCCCCCCCC)COC(OCC[N+](C)(C)C)C(=O)O. The molecule has 390 valence electrons. The van der Waals surface area contributed by atoms with Crippen LogP contribution in [0.4, 0.5) is 0 Å². The number of carbonyl (C=O) groups is 3. The number of carboxylic acids is 1. The Morgan fingerprint density at radius 1 is 0.439 bits per heavy atom. The van der Waals surface area contributed by atoms with E-state index < -0.39 is 24.3 Å². The number of unbranched alkanes of at least 4 members (excludes halogenated alkanes) is 36. The van der Waals surface area contributed by atoms with Gasteiger partial charge in [-0.3, -0.25) is 9.59 Å². The second-order valence-corrected chi connectivity index (χ2v) is 20.6. The lowest BCUT2D eigenvalue weighted by Gasteiger charge is -2.25. The van der Waals surface area contributed by atoms with E-state index in [9.17, 15) is 19.5 Å². The number of likely N-dealkylation sites (N-methyl/N-ethyl adjacent to an activating group) is 1. The highest BCUT2D eigenvalue weighted by molar-refractivity contribution is 5.71. The van der Waals surface area contributed by atoms with Gasteiger partial charge in [-0.1, -0.05) is 238 Å². The van der Waals surface area contributed by atoms with Crippen LogP contribution in [-0.4, -0.2) is 87.4 Å². The summed E-state index contributed by atoms with van der Waals surface area (Å²) in [5.74, 6) is -1.99. The summed E-state index contributed by atoms with van der Waals surface area (Å²) in [6.45, 7) is 4.91. The van der Waals surface area contributed by atoms with E-state index in [1.54, 1.807) is 0 Å². The minimum Gasteiger partial charge on any atom is -0.477 e. The van der Waals surface area contributed by atoms with Gasteiger partial charge in [0.05, 0.1) is 34.4 Å². The fraction of sp³-hybridized carbons (Fsp3) is 0.912. The van der Waals surface area contributed by atoms with Gasteiger partial charge in [0, 0.05) is 12.8 Å². The summed E-state index contributed by atoms with van der Waals surface area (Å²) >= 11 is 0. The summed E-state index contributed by atoms with van der Waals surface area (Å²) in [7, 11) is 5.97. The van der Waals surface area contributed by atoms with Crippen LogP contribution in [0.1, 0.15) is 277 Å². The van der Waals surface area contributed by atoms with E-state index in [2.05, 4.69) is 26.0 Å². The molecule has 2 atom stereocenters. The molecule has 0 aromatic rings. The van der Waals surface area contributed by atoms with Crippen LogP contribution in [0.15, 0.2) is 12.2 Å². The lowest BCUT2D eigenvalue weighted by molar-refractivity contribution is -0.870. The zero-order chi connectivity index (χ0) is 48.4. The Hall–Kier alpha value is -1.97. The Balaban J connectivity index is 4.18. The average molecular weight is 938 g/mol. The minimum atomic E-state index is -1.51. The molecule has 0 saturated carbocycles. The highest BCUT2D eigenvalue weighted by Crippen LogP contribution is 2.17. The zero-order valence-corrected chi connectivity index (χ0v) is 44.4. The molecule has 0 aromatic heterocycles. The van der Waals surface area contributed by atoms with Crippen LogP contribution in [0.25, 0.3) is 0 Å². The smallest absolute Gasteiger partial charge is 0.361 e. The fourth-order valence-corrected chi connectivity index (χ4v) is 8.36. The van der Waals surface area contributed by atoms with Crippen molar-refractivity contribution in [2.45, 2.75) is 289 Å². The molecular formula is C57H110NO8+. The largest absolute Gasteiger partial charge is 0.477 e. The van der Waals surface area contributed by atoms with E-state index in [1.807, 2.05) is 21.1 Å². The Morgan fingerprint density at radius 3 is 1.12 bits per heavy atom. The van der Waals surface area contributed by atoms with Crippen LogP contribution in [0.3, 0.4) is 0 Å². The van der Waals surface area contributed by atoms with Gasteiger partial charge in [-0.05, 0) is 38.5 Å². The molecule has 1 N–H and O–H groups in total. The number of hydrogen-bond acceptors (Lipinski definition) is 7. The molecule has 0 aromatic carbocycles. The number of carboxylic acid groups (broad SMARTS) is 1. The van der Waals surface area contributed by atoms with Gasteiger partial charge < -0.3 is 28.5 Å². The lowest BCUT2D eigenvalue weighted by Crippen LogP contribution is -2.40. The topological polar surface area (TPSA) is 108 Å². The van der Waals surface area contributed by atoms with Crippen molar-refractivity contribution >= 4 is 17.9 Å². The molecule has 0 spiro atoms. The van der Waals surface area contributed by atoms with Crippen molar-refractivity contribution in [2.24, 2.45) is 0 Å². The molecule has 0 aliphatic carbocycles. The second-order valence-electron chi connectivity index (χ2n) is 20.6. The van der Waals surface area contributed by atoms with Gasteiger partial charge in [-0.15, -0.1) is 0 Å². The van der Waals surface area contributed by atoms with Crippen LogP contribution >= 0.6 is 0 Å². The highest BCUT2D eigenvalue weighted by atomic mass is 16.7. The normalized spacial score (nSPS) is 12.8. The van der Waals surface area contributed by atoms with Crippen LogP contribution in [0.2, 0.25) is 0 Å². The number of hydrogen-bond donors (Lipinski definition) is 1. The third-order valence-electron chi connectivity index (χ3n) is 12.8. The molecule has 0 aliphatic heterocycles. The summed E-state index contributed by atoms with van der Waals surface area (Å²) in [6, 6.07) is 0. The molecule has 9 heteroatoms. The maximum absolute atomic E-state index is 12.8. The predicted molar refractivity (Wildman–Crippen MR) is 277 cm³/mol. The first kappa shape index (κ1) is 64.0. The molecule has 0 aliphatic rings. The minimum absolute atomic E-state index is 0.179. The molecule has 0 fully saturated rings. The maximum atomic E-state index is 12.8. The van der Waals surface area contributed by atoms with Crippen molar-refractivity contribution in [3.05, 3.63) is 12.2 Å².